The Morgan fingerprint density at radius 3 is 2.78 bits per heavy atom. The van der Waals surface area contributed by atoms with Gasteiger partial charge in [0.05, 0.1) is 11.4 Å². The van der Waals surface area contributed by atoms with Gasteiger partial charge in [-0.1, -0.05) is 13.8 Å². The Kier molecular flexibility index (Phi) is 6.02. The van der Waals surface area contributed by atoms with Gasteiger partial charge in [-0.2, -0.15) is 15.5 Å². The molecule has 0 N–H and O–H groups in total. The number of rotatable bonds is 5. The quantitative estimate of drug-likeness (QED) is 0.811. The first-order valence-electron chi connectivity index (χ1n) is 9.46. The average molecular weight is 367 g/mol. The maximum absolute atomic E-state index is 14.5. The highest BCUT2D eigenvalue weighted by atomic mass is 19.1. The summed E-state index contributed by atoms with van der Waals surface area (Å²) >= 11 is 0. The van der Waals surface area contributed by atoms with Crippen LogP contribution in [0.2, 0.25) is 0 Å². The number of piperazine rings is 1. The normalized spacial score (nSPS) is 17.9. The fourth-order valence-electron chi connectivity index (χ4n) is 3.67. The SMILES string of the molecule is CC(C)Cc1cc(F)c(C#N)c(N2CCN(Cc3cccnn3)C(C)C2)c1. The predicted octanol–water partition coefficient (Wildman–Crippen LogP) is 3.40. The second-order valence-electron chi connectivity index (χ2n) is 7.66. The Balaban J connectivity index is 1.78. The van der Waals surface area contributed by atoms with E-state index in [4.69, 9.17) is 0 Å². The summed E-state index contributed by atoms with van der Waals surface area (Å²) in [6.45, 7) is 9.47. The van der Waals surface area contributed by atoms with Crippen molar-refractivity contribution in [3.63, 3.8) is 0 Å². The van der Waals surface area contributed by atoms with Crippen molar-refractivity contribution in [3.8, 4) is 6.07 Å². The summed E-state index contributed by atoms with van der Waals surface area (Å²) in [6, 6.07) is 9.70. The molecular formula is C21H26FN5. The number of anilines is 1. The highest BCUT2D eigenvalue weighted by Crippen LogP contribution is 2.28. The van der Waals surface area contributed by atoms with Crippen molar-refractivity contribution < 1.29 is 4.39 Å². The monoisotopic (exact) mass is 367 g/mol. The first-order chi connectivity index (χ1) is 13.0. The second kappa shape index (κ2) is 8.45. The lowest BCUT2D eigenvalue weighted by molar-refractivity contribution is 0.178. The van der Waals surface area contributed by atoms with Crippen LogP contribution in [0, 0.1) is 23.1 Å². The van der Waals surface area contributed by atoms with Crippen molar-refractivity contribution in [2.24, 2.45) is 5.92 Å². The minimum absolute atomic E-state index is 0.150. The van der Waals surface area contributed by atoms with Gasteiger partial charge in [0.25, 0.3) is 0 Å². The minimum Gasteiger partial charge on any atom is -0.368 e. The van der Waals surface area contributed by atoms with Crippen molar-refractivity contribution in [2.45, 2.75) is 39.8 Å². The van der Waals surface area contributed by atoms with Gasteiger partial charge in [0.2, 0.25) is 0 Å². The summed E-state index contributed by atoms with van der Waals surface area (Å²) < 4.78 is 14.5. The van der Waals surface area contributed by atoms with Gasteiger partial charge < -0.3 is 4.90 Å². The summed E-state index contributed by atoms with van der Waals surface area (Å²) in [5.41, 5.74) is 2.77. The predicted molar refractivity (Wildman–Crippen MR) is 104 cm³/mol. The van der Waals surface area contributed by atoms with Crippen molar-refractivity contribution >= 4 is 5.69 Å². The molecule has 2 heterocycles. The molecule has 1 aromatic carbocycles. The number of hydrogen-bond acceptors (Lipinski definition) is 5. The largest absolute Gasteiger partial charge is 0.368 e. The molecule has 1 atom stereocenters. The number of aromatic nitrogens is 2. The highest BCUT2D eigenvalue weighted by Gasteiger charge is 2.27. The Bertz CT molecular complexity index is 815. The zero-order chi connectivity index (χ0) is 19.4. The van der Waals surface area contributed by atoms with E-state index in [-0.39, 0.29) is 11.6 Å². The molecule has 0 radical (unpaired) electrons. The number of nitriles is 1. The van der Waals surface area contributed by atoms with E-state index in [1.165, 1.54) is 6.07 Å². The van der Waals surface area contributed by atoms with Crippen LogP contribution in [0.4, 0.5) is 10.1 Å². The van der Waals surface area contributed by atoms with Crippen molar-refractivity contribution in [1.82, 2.24) is 15.1 Å². The van der Waals surface area contributed by atoms with Crippen LogP contribution in [0.1, 0.15) is 37.6 Å². The lowest BCUT2D eigenvalue weighted by Crippen LogP contribution is -2.51. The van der Waals surface area contributed by atoms with Crippen molar-refractivity contribution in [3.05, 3.63) is 53.1 Å². The molecule has 0 amide bonds. The van der Waals surface area contributed by atoms with E-state index in [0.717, 1.165) is 49.5 Å². The summed E-state index contributed by atoms with van der Waals surface area (Å²) in [6.07, 6.45) is 2.48. The average Bonchev–Trinajstić information content (AvgIpc) is 2.63. The molecular weight excluding hydrogens is 341 g/mol. The molecule has 6 heteroatoms. The lowest BCUT2D eigenvalue weighted by Gasteiger charge is -2.41. The standard InChI is InChI=1S/C21H26FN5/c1-15(2)9-17-10-20(22)19(12-23)21(11-17)27-8-7-26(16(3)13-27)14-18-5-4-6-24-25-18/h4-6,10-11,15-16H,7-9,13-14H2,1-3H3. The van der Waals surface area contributed by atoms with Gasteiger partial charge in [-0.05, 0) is 49.1 Å². The Morgan fingerprint density at radius 1 is 1.33 bits per heavy atom. The van der Waals surface area contributed by atoms with Gasteiger partial charge in [-0.15, -0.1) is 0 Å². The van der Waals surface area contributed by atoms with Gasteiger partial charge in [0, 0.05) is 38.4 Å². The van der Waals surface area contributed by atoms with Gasteiger partial charge in [0.1, 0.15) is 17.4 Å². The zero-order valence-corrected chi connectivity index (χ0v) is 16.2. The molecule has 1 saturated heterocycles. The maximum Gasteiger partial charge on any atom is 0.143 e. The van der Waals surface area contributed by atoms with Crippen LogP contribution < -0.4 is 4.90 Å². The van der Waals surface area contributed by atoms with Crippen LogP contribution in [0.5, 0.6) is 0 Å². The smallest absolute Gasteiger partial charge is 0.143 e. The fraction of sp³-hybridized carbons (Fsp3) is 0.476. The number of nitrogens with zero attached hydrogens (tertiary/aromatic N) is 5. The third-order valence-electron chi connectivity index (χ3n) is 4.98. The number of halogens is 1. The molecule has 27 heavy (non-hydrogen) atoms. The third-order valence-corrected chi connectivity index (χ3v) is 4.98. The van der Waals surface area contributed by atoms with Crippen molar-refractivity contribution in [1.29, 1.82) is 5.26 Å². The van der Waals surface area contributed by atoms with Crippen LogP contribution in [-0.2, 0) is 13.0 Å². The lowest BCUT2D eigenvalue weighted by atomic mass is 9.99. The topological polar surface area (TPSA) is 56.1 Å². The molecule has 1 aromatic heterocycles. The zero-order valence-electron chi connectivity index (χ0n) is 16.2. The summed E-state index contributed by atoms with van der Waals surface area (Å²) in [5.74, 6) is 0.0215. The molecule has 142 valence electrons. The van der Waals surface area contributed by atoms with E-state index in [2.05, 4.69) is 46.8 Å². The Morgan fingerprint density at radius 2 is 2.15 bits per heavy atom. The summed E-state index contributed by atoms with van der Waals surface area (Å²) in [7, 11) is 0. The van der Waals surface area contributed by atoms with E-state index >= 15 is 0 Å². The number of hydrogen-bond donors (Lipinski definition) is 0. The van der Waals surface area contributed by atoms with Crippen LogP contribution in [-0.4, -0.2) is 40.8 Å². The summed E-state index contributed by atoms with van der Waals surface area (Å²) in [5, 5.41) is 17.6. The van der Waals surface area contributed by atoms with E-state index in [9.17, 15) is 9.65 Å². The molecule has 1 fully saturated rings. The molecule has 0 spiro atoms. The Labute approximate surface area is 160 Å². The van der Waals surface area contributed by atoms with Crippen LogP contribution in [0.3, 0.4) is 0 Å². The van der Waals surface area contributed by atoms with Gasteiger partial charge in [-0.25, -0.2) is 4.39 Å². The van der Waals surface area contributed by atoms with Gasteiger partial charge >= 0.3 is 0 Å². The molecule has 1 aliphatic heterocycles. The second-order valence-corrected chi connectivity index (χ2v) is 7.66. The highest BCUT2D eigenvalue weighted by molar-refractivity contribution is 5.62. The summed E-state index contributed by atoms with van der Waals surface area (Å²) in [4.78, 5) is 4.49. The molecule has 0 aliphatic carbocycles. The first kappa shape index (κ1) is 19.2. The fourth-order valence-corrected chi connectivity index (χ4v) is 3.67. The first-order valence-corrected chi connectivity index (χ1v) is 9.46. The molecule has 3 rings (SSSR count). The molecule has 0 saturated carbocycles. The van der Waals surface area contributed by atoms with Crippen LogP contribution >= 0.6 is 0 Å². The van der Waals surface area contributed by atoms with E-state index in [1.807, 2.05) is 18.2 Å². The Hall–Kier alpha value is -2.52. The van der Waals surface area contributed by atoms with Gasteiger partial charge in [-0.3, -0.25) is 4.90 Å². The van der Waals surface area contributed by atoms with Crippen LogP contribution in [0.25, 0.3) is 0 Å². The van der Waals surface area contributed by atoms with E-state index in [0.29, 0.717) is 5.92 Å². The maximum atomic E-state index is 14.5. The molecule has 2 aromatic rings. The minimum atomic E-state index is -0.416. The van der Waals surface area contributed by atoms with E-state index < -0.39 is 5.82 Å². The third kappa shape index (κ3) is 4.61. The van der Waals surface area contributed by atoms with E-state index in [1.54, 1.807) is 6.20 Å². The van der Waals surface area contributed by atoms with Crippen molar-refractivity contribution in [2.75, 3.05) is 24.5 Å². The molecule has 0 bridgehead atoms. The molecule has 1 unspecified atom stereocenters. The molecule has 5 nitrogen and oxygen atoms in total. The van der Waals surface area contributed by atoms with Crippen LogP contribution in [0.15, 0.2) is 30.5 Å². The van der Waals surface area contributed by atoms with Gasteiger partial charge in [0.15, 0.2) is 0 Å². The molecule has 1 aliphatic rings. The number of benzene rings is 1.